The highest BCUT2D eigenvalue weighted by Crippen LogP contribution is 2.33. The Hall–Kier alpha value is -1.27. The number of aliphatic hydroxyl groups is 2. The minimum Gasteiger partial charge on any atom is -0.491 e. The first-order chi connectivity index (χ1) is 7.84. The predicted molar refractivity (Wildman–Crippen MR) is 54.8 cm³/mol. The molecule has 1 aromatic carbocycles. The molecule has 96 valence electrons. The second-order valence-corrected chi connectivity index (χ2v) is 3.62. The van der Waals surface area contributed by atoms with Crippen LogP contribution in [-0.2, 0) is 6.18 Å². The number of rotatable bonds is 4. The Kier molecular flexibility index (Phi) is 4.36. The van der Waals surface area contributed by atoms with E-state index in [4.69, 9.17) is 14.9 Å². The lowest BCUT2D eigenvalue weighted by Crippen LogP contribution is -2.21. The molecule has 17 heavy (non-hydrogen) atoms. The van der Waals surface area contributed by atoms with Gasteiger partial charge in [0.1, 0.15) is 18.5 Å². The molecular formula is C11H13F3O3. The molecule has 0 spiro atoms. The minimum atomic E-state index is -4.43. The molecule has 0 aliphatic rings. The summed E-state index contributed by atoms with van der Waals surface area (Å²) in [6.45, 7) is 0.601. The van der Waals surface area contributed by atoms with Crippen molar-refractivity contribution in [2.75, 3.05) is 13.2 Å². The fourth-order valence-corrected chi connectivity index (χ4v) is 1.24. The Balaban J connectivity index is 2.82. The molecule has 0 heterocycles. The molecule has 1 rings (SSSR count). The van der Waals surface area contributed by atoms with E-state index in [9.17, 15) is 13.2 Å². The van der Waals surface area contributed by atoms with Gasteiger partial charge in [0.15, 0.2) is 0 Å². The van der Waals surface area contributed by atoms with Gasteiger partial charge in [-0.2, -0.15) is 13.2 Å². The Labute approximate surface area is 96.5 Å². The third-order valence-electron chi connectivity index (χ3n) is 2.17. The summed E-state index contributed by atoms with van der Waals surface area (Å²) in [6.07, 6.45) is -5.54. The number of halogens is 3. The summed E-state index contributed by atoms with van der Waals surface area (Å²) in [5.41, 5.74) is -0.666. The van der Waals surface area contributed by atoms with E-state index in [2.05, 4.69) is 0 Å². The normalized spacial score (nSPS) is 13.5. The molecule has 1 unspecified atom stereocenters. The van der Waals surface area contributed by atoms with Crippen LogP contribution in [0.15, 0.2) is 18.2 Å². The number of alkyl halides is 3. The molecule has 0 aliphatic heterocycles. The van der Waals surface area contributed by atoms with Crippen molar-refractivity contribution < 1.29 is 28.1 Å². The summed E-state index contributed by atoms with van der Waals surface area (Å²) in [4.78, 5) is 0. The van der Waals surface area contributed by atoms with Gasteiger partial charge in [-0.1, -0.05) is 6.07 Å². The minimum absolute atomic E-state index is 0.00965. The van der Waals surface area contributed by atoms with Crippen molar-refractivity contribution in [3.63, 3.8) is 0 Å². The Bertz CT molecular complexity index is 377. The molecule has 6 heteroatoms. The van der Waals surface area contributed by atoms with E-state index in [1.807, 2.05) is 0 Å². The number of hydrogen-bond acceptors (Lipinski definition) is 3. The van der Waals surface area contributed by atoms with Crippen LogP contribution in [-0.4, -0.2) is 29.5 Å². The summed E-state index contributed by atoms with van der Waals surface area (Å²) in [7, 11) is 0. The largest absolute Gasteiger partial charge is 0.491 e. The molecule has 0 aliphatic carbocycles. The molecule has 0 aromatic heterocycles. The van der Waals surface area contributed by atoms with Gasteiger partial charge in [0.2, 0.25) is 0 Å². The van der Waals surface area contributed by atoms with Crippen molar-refractivity contribution in [3.8, 4) is 5.75 Å². The Morgan fingerprint density at radius 2 is 2.00 bits per heavy atom. The van der Waals surface area contributed by atoms with Crippen LogP contribution >= 0.6 is 0 Å². The van der Waals surface area contributed by atoms with Crippen molar-refractivity contribution in [3.05, 3.63) is 29.3 Å². The van der Waals surface area contributed by atoms with Gasteiger partial charge in [0, 0.05) is 0 Å². The first kappa shape index (κ1) is 13.8. The lowest BCUT2D eigenvalue weighted by atomic mass is 10.1. The predicted octanol–water partition coefficient (Wildman–Crippen LogP) is 1.75. The highest BCUT2D eigenvalue weighted by molar-refractivity contribution is 5.36. The molecule has 0 radical (unpaired) electrons. The van der Waals surface area contributed by atoms with Crippen molar-refractivity contribution >= 4 is 0 Å². The Morgan fingerprint density at radius 3 is 2.53 bits per heavy atom. The van der Waals surface area contributed by atoms with E-state index < -0.39 is 24.5 Å². The van der Waals surface area contributed by atoms with E-state index >= 15 is 0 Å². The first-order valence-corrected chi connectivity index (χ1v) is 4.94. The van der Waals surface area contributed by atoms with Crippen LogP contribution in [0.25, 0.3) is 0 Å². The molecule has 0 bridgehead atoms. The van der Waals surface area contributed by atoms with Crippen molar-refractivity contribution in [1.82, 2.24) is 0 Å². The summed E-state index contributed by atoms with van der Waals surface area (Å²) in [5, 5.41) is 17.5. The summed E-state index contributed by atoms with van der Waals surface area (Å²) < 4.78 is 42.6. The zero-order chi connectivity index (χ0) is 13.1. The number of aryl methyl sites for hydroxylation is 1. The van der Waals surface area contributed by atoms with Gasteiger partial charge in [-0.25, -0.2) is 0 Å². The summed E-state index contributed by atoms with van der Waals surface area (Å²) >= 11 is 0. The van der Waals surface area contributed by atoms with Crippen molar-refractivity contribution in [2.24, 2.45) is 0 Å². The van der Waals surface area contributed by atoms with Crippen LogP contribution in [0.4, 0.5) is 13.2 Å². The molecule has 1 atom stereocenters. The zero-order valence-electron chi connectivity index (χ0n) is 9.16. The molecule has 2 N–H and O–H groups in total. The average molecular weight is 250 g/mol. The van der Waals surface area contributed by atoms with E-state index in [0.717, 1.165) is 6.07 Å². The van der Waals surface area contributed by atoms with Crippen LogP contribution in [0.1, 0.15) is 11.1 Å². The average Bonchev–Trinajstić information content (AvgIpc) is 2.26. The SMILES string of the molecule is Cc1ccc(OCC(O)CO)cc1C(F)(F)F. The molecule has 0 saturated heterocycles. The maximum Gasteiger partial charge on any atom is 0.416 e. The fraction of sp³-hybridized carbons (Fsp3) is 0.455. The van der Waals surface area contributed by atoms with Crippen molar-refractivity contribution in [2.45, 2.75) is 19.2 Å². The number of aliphatic hydroxyl groups excluding tert-OH is 2. The maximum absolute atomic E-state index is 12.5. The van der Waals surface area contributed by atoms with Crippen LogP contribution in [0.2, 0.25) is 0 Å². The molecule has 0 amide bonds. The summed E-state index contributed by atoms with van der Waals surface area (Å²) in [5.74, 6) is 0.00965. The van der Waals surface area contributed by atoms with E-state index in [0.29, 0.717) is 0 Å². The second kappa shape index (κ2) is 5.37. The third-order valence-corrected chi connectivity index (χ3v) is 2.17. The van der Waals surface area contributed by atoms with Gasteiger partial charge in [-0.05, 0) is 24.6 Å². The number of hydrogen-bond donors (Lipinski definition) is 2. The van der Waals surface area contributed by atoms with Gasteiger partial charge < -0.3 is 14.9 Å². The van der Waals surface area contributed by atoms with Crippen LogP contribution in [0.5, 0.6) is 5.75 Å². The highest BCUT2D eigenvalue weighted by atomic mass is 19.4. The lowest BCUT2D eigenvalue weighted by Gasteiger charge is -2.14. The van der Waals surface area contributed by atoms with E-state index in [1.54, 1.807) is 0 Å². The van der Waals surface area contributed by atoms with Gasteiger partial charge in [0.25, 0.3) is 0 Å². The van der Waals surface area contributed by atoms with Gasteiger partial charge in [-0.3, -0.25) is 0 Å². The van der Waals surface area contributed by atoms with Crippen LogP contribution in [0, 0.1) is 6.92 Å². The van der Waals surface area contributed by atoms with E-state index in [1.165, 1.54) is 19.1 Å². The van der Waals surface area contributed by atoms with Crippen LogP contribution in [0.3, 0.4) is 0 Å². The quantitative estimate of drug-likeness (QED) is 0.855. The molecular weight excluding hydrogens is 237 g/mol. The topological polar surface area (TPSA) is 49.7 Å². The van der Waals surface area contributed by atoms with Crippen molar-refractivity contribution in [1.29, 1.82) is 0 Å². The molecule has 3 nitrogen and oxygen atoms in total. The fourth-order valence-electron chi connectivity index (χ4n) is 1.24. The molecule has 0 fully saturated rings. The van der Waals surface area contributed by atoms with Gasteiger partial charge >= 0.3 is 6.18 Å². The highest BCUT2D eigenvalue weighted by Gasteiger charge is 2.32. The standard InChI is InChI=1S/C11H13F3O3/c1-7-2-3-9(17-6-8(16)5-15)4-10(7)11(12,13)14/h2-4,8,15-16H,5-6H2,1H3. The number of benzene rings is 1. The zero-order valence-corrected chi connectivity index (χ0v) is 9.16. The van der Waals surface area contributed by atoms with Gasteiger partial charge in [-0.15, -0.1) is 0 Å². The Morgan fingerprint density at radius 1 is 1.35 bits per heavy atom. The summed E-state index contributed by atoms with van der Waals surface area (Å²) in [6, 6.07) is 3.55. The maximum atomic E-state index is 12.5. The monoisotopic (exact) mass is 250 g/mol. The lowest BCUT2D eigenvalue weighted by molar-refractivity contribution is -0.138. The van der Waals surface area contributed by atoms with Gasteiger partial charge in [0.05, 0.1) is 12.2 Å². The van der Waals surface area contributed by atoms with E-state index in [-0.39, 0.29) is 17.9 Å². The smallest absolute Gasteiger partial charge is 0.416 e. The second-order valence-electron chi connectivity index (χ2n) is 3.62. The first-order valence-electron chi connectivity index (χ1n) is 4.94. The molecule has 1 aromatic rings. The number of ether oxygens (including phenoxy) is 1. The van der Waals surface area contributed by atoms with Crippen LogP contribution < -0.4 is 4.74 Å². The molecule has 0 saturated carbocycles. The third kappa shape index (κ3) is 3.90.